The molecule has 7 nitrogen and oxygen atoms in total. The number of primary amides is 1. The Morgan fingerprint density at radius 1 is 1.29 bits per heavy atom. The Morgan fingerprint density at radius 2 is 1.71 bits per heavy atom. The minimum atomic E-state index is -2.66. The van der Waals surface area contributed by atoms with Gasteiger partial charge in [-0.25, -0.2) is 10.6 Å². The van der Waals surface area contributed by atoms with Crippen molar-refractivity contribution in [3.8, 4) is 0 Å². The minimum absolute atomic E-state index is 0.233. The van der Waals surface area contributed by atoms with Crippen LogP contribution in [0.5, 0.6) is 0 Å². The maximum Gasteiger partial charge on any atom is 0.502 e. The summed E-state index contributed by atoms with van der Waals surface area (Å²) in [6.07, 6.45) is 0. The quantitative estimate of drug-likeness (QED) is 0.263. The SMILES string of the molecule is CO[Si](CCN(N)C(N)=O)(OC)OC. The van der Waals surface area contributed by atoms with Crippen molar-refractivity contribution in [2.24, 2.45) is 11.6 Å². The number of rotatable bonds is 6. The van der Waals surface area contributed by atoms with Gasteiger partial charge in [0.25, 0.3) is 0 Å². The molecule has 0 aromatic carbocycles. The Morgan fingerprint density at radius 3 is 2.00 bits per heavy atom. The van der Waals surface area contributed by atoms with Gasteiger partial charge in [0.2, 0.25) is 0 Å². The third kappa shape index (κ3) is 3.60. The number of nitrogens with zero attached hydrogens (tertiary/aromatic N) is 1. The maximum atomic E-state index is 10.6. The molecule has 0 aliphatic heterocycles. The van der Waals surface area contributed by atoms with Gasteiger partial charge in [-0.1, -0.05) is 0 Å². The third-order valence-electron chi connectivity index (χ3n) is 1.87. The Hall–Kier alpha value is -0.673. The van der Waals surface area contributed by atoms with E-state index in [1.807, 2.05) is 0 Å². The van der Waals surface area contributed by atoms with Crippen LogP contribution in [0.25, 0.3) is 0 Å². The van der Waals surface area contributed by atoms with Gasteiger partial charge in [0.15, 0.2) is 0 Å². The first kappa shape index (κ1) is 13.3. The smallest absolute Gasteiger partial charge is 0.377 e. The van der Waals surface area contributed by atoms with Gasteiger partial charge >= 0.3 is 14.8 Å². The van der Waals surface area contributed by atoms with Crippen LogP contribution in [-0.2, 0) is 13.3 Å². The van der Waals surface area contributed by atoms with Gasteiger partial charge in [-0.15, -0.1) is 0 Å². The average molecular weight is 223 g/mol. The molecule has 0 bridgehead atoms. The van der Waals surface area contributed by atoms with E-state index in [4.69, 9.17) is 24.9 Å². The summed E-state index contributed by atoms with van der Waals surface area (Å²) in [5.41, 5.74) is 4.94. The minimum Gasteiger partial charge on any atom is -0.377 e. The first-order chi connectivity index (χ1) is 6.51. The van der Waals surface area contributed by atoms with Crippen molar-refractivity contribution in [2.75, 3.05) is 27.9 Å². The predicted molar refractivity (Wildman–Crippen MR) is 52.1 cm³/mol. The Labute approximate surface area is 84.2 Å². The molecule has 0 saturated carbocycles. The van der Waals surface area contributed by atoms with Gasteiger partial charge in [-0.2, -0.15) is 0 Å². The van der Waals surface area contributed by atoms with Crippen LogP contribution in [0.3, 0.4) is 0 Å². The highest BCUT2D eigenvalue weighted by molar-refractivity contribution is 6.60. The van der Waals surface area contributed by atoms with Gasteiger partial charge < -0.3 is 19.0 Å². The van der Waals surface area contributed by atoms with Crippen molar-refractivity contribution in [3.63, 3.8) is 0 Å². The van der Waals surface area contributed by atoms with E-state index in [-0.39, 0.29) is 6.54 Å². The second-order valence-electron chi connectivity index (χ2n) is 2.58. The van der Waals surface area contributed by atoms with Crippen LogP contribution in [-0.4, -0.2) is 47.7 Å². The van der Waals surface area contributed by atoms with Crippen LogP contribution in [0, 0.1) is 0 Å². The molecule has 0 fully saturated rings. The molecule has 14 heavy (non-hydrogen) atoms. The Kier molecular flexibility index (Phi) is 5.65. The van der Waals surface area contributed by atoms with Gasteiger partial charge in [0.1, 0.15) is 0 Å². The number of hydrogen-bond donors (Lipinski definition) is 2. The van der Waals surface area contributed by atoms with Crippen molar-refractivity contribution in [1.29, 1.82) is 0 Å². The molecule has 0 aliphatic rings. The Bertz CT molecular complexity index is 180. The van der Waals surface area contributed by atoms with Crippen LogP contribution >= 0.6 is 0 Å². The normalized spacial score (nSPS) is 11.4. The monoisotopic (exact) mass is 223 g/mol. The van der Waals surface area contributed by atoms with E-state index < -0.39 is 14.8 Å². The second kappa shape index (κ2) is 5.93. The Balaban J connectivity index is 4.12. The number of amides is 2. The van der Waals surface area contributed by atoms with E-state index in [0.29, 0.717) is 6.04 Å². The number of hydrazine groups is 1. The zero-order valence-electron chi connectivity index (χ0n) is 8.65. The highest BCUT2D eigenvalue weighted by atomic mass is 28.4. The van der Waals surface area contributed by atoms with Gasteiger partial charge in [-0.3, -0.25) is 5.01 Å². The van der Waals surface area contributed by atoms with E-state index in [0.717, 1.165) is 5.01 Å². The van der Waals surface area contributed by atoms with Crippen molar-refractivity contribution >= 4 is 14.8 Å². The molecule has 0 unspecified atom stereocenters. The molecule has 4 N–H and O–H groups in total. The first-order valence-corrected chi connectivity index (χ1v) is 5.91. The van der Waals surface area contributed by atoms with Gasteiger partial charge in [0.05, 0.1) is 0 Å². The fourth-order valence-electron chi connectivity index (χ4n) is 0.924. The lowest BCUT2D eigenvalue weighted by Crippen LogP contribution is -2.49. The molecule has 8 heteroatoms. The van der Waals surface area contributed by atoms with Gasteiger partial charge in [0, 0.05) is 33.9 Å². The van der Waals surface area contributed by atoms with Crippen LogP contribution in [0.2, 0.25) is 6.04 Å². The summed E-state index contributed by atoms with van der Waals surface area (Å²) in [6, 6.07) is -0.299. The lowest BCUT2D eigenvalue weighted by atomic mass is 10.7. The highest BCUT2D eigenvalue weighted by Crippen LogP contribution is 2.12. The van der Waals surface area contributed by atoms with Crippen molar-refractivity contribution < 1.29 is 18.1 Å². The molecule has 0 spiro atoms. The standard InChI is InChI=1S/C6H17N3O4Si/c1-11-14(12-2,13-3)5-4-9(8)6(7)10/h4-5,8H2,1-3H3,(H2,7,10). The van der Waals surface area contributed by atoms with Crippen molar-refractivity contribution in [1.82, 2.24) is 5.01 Å². The topological polar surface area (TPSA) is 100 Å². The molecule has 0 aromatic heterocycles. The summed E-state index contributed by atoms with van der Waals surface area (Å²) in [6.45, 7) is 0.233. The maximum absolute atomic E-state index is 10.6. The van der Waals surface area contributed by atoms with Crippen molar-refractivity contribution in [2.45, 2.75) is 6.04 Å². The van der Waals surface area contributed by atoms with E-state index in [2.05, 4.69) is 0 Å². The summed E-state index contributed by atoms with van der Waals surface area (Å²) in [5.74, 6) is 5.30. The highest BCUT2D eigenvalue weighted by Gasteiger charge is 2.37. The number of carbonyl (C=O) groups is 1. The van der Waals surface area contributed by atoms with E-state index in [9.17, 15) is 4.79 Å². The van der Waals surface area contributed by atoms with E-state index in [1.165, 1.54) is 21.3 Å². The largest absolute Gasteiger partial charge is 0.502 e. The van der Waals surface area contributed by atoms with Gasteiger partial charge in [-0.05, 0) is 0 Å². The average Bonchev–Trinajstić information content (AvgIpc) is 2.20. The molecule has 2 amide bonds. The van der Waals surface area contributed by atoms with Crippen LogP contribution in [0.15, 0.2) is 0 Å². The predicted octanol–water partition coefficient (Wildman–Crippen LogP) is -0.881. The molecule has 0 rings (SSSR count). The molecule has 0 aliphatic carbocycles. The number of carbonyl (C=O) groups excluding carboxylic acids is 1. The fourth-order valence-corrected chi connectivity index (χ4v) is 2.55. The molecule has 0 saturated heterocycles. The molecule has 0 heterocycles. The first-order valence-electron chi connectivity index (χ1n) is 3.98. The second-order valence-corrected chi connectivity index (χ2v) is 5.67. The lowest BCUT2D eigenvalue weighted by Gasteiger charge is -2.25. The summed E-state index contributed by atoms with van der Waals surface area (Å²) in [5, 5.41) is 0.888. The number of hydrogen-bond acceptors (Lipinski definition) is 5. The summed E-state index contributed by atoms with van der Waals surface area (Å²) in [4.78, 5) is 10.6. The summed E-state index contributed by atoms with van der Waals surface area (Å²) in [7, 11) is 1.82. The zero-order valence-corrected chi connectivity index (χ0v) is 9.65. The van der Waals surface area contributed by atoms with Crippen LogP contribution < -0.4 is 11.6 Å². The molecular weight excluding hydrogens is 206 g/mol. The number of nitrogens with two attached hydrogens (primary N) is 2. The lowest BCUT2D eigenvalue weighted by molar-refractivity contribution is 0.120. The van der Waals surface area contributed by atoms with Crippen molar-refractivity contribution in [3.05, 3.63) is 0 Å². The molecule has 0 aromatic rings. The summed E-state index contributed by atoms with van der Waals surface area (Å²) < 4.78 is 15.4. The molecule has 0 radical (unpaired) electrons. The molecular formula is C6H17N3O4Si. The summed E-state index contributed by atoms with van der Waals surface area (Å²) >= 11 is 0. The van der Waals surface area contributed by atoms with Crippen LogP contribution in [0.4, 0.5) is 4.79 Å². The van der Waals surface area contributed by atoms with E-state index in [1.54, 1.807) is 0 Å². The molecule has 84 valence electrons. The van der Waals surface area contributed by atoms with Crippen LogP contribution in [0.1, 0.15) is 0 Å². The third-order valence-corrected chi connectivity index (χ3v) is 4.58. The molecule has 0 atom stereocenters. The van der Waals surface area contributed by atoms with E-state index >= 15 is 0 Å². The number of urea groups is 1. The fraction of sp³-hybridized carbons (Fsp3) is 0.833. The zero-order chi connectivity index (χ0) is 11.2.